The molecule has 0 radical (unpaired) electrons. The van der Waals surface area contributed by atoms with Gasteiger partial charge in [-0.2, -0.15) is 0 Å². The Hall–Kier alpha value is -0.780. The van der Waals surface area contributed by atoms with Crippen molar-refractivity contribution >= 4 is 0 Å². The van der Waals surface area contributed by atoms with Crippen LogP contribution in [-0.4, -0.2) is 0 Å². The van der Waals surface area contributed by atoms with Crippen LogP contribution < -0.4 is 0 Å². The first-order valence-electron chi connectivity index (χ1n) is 6.16. The van der Waals surface area contributed by atoms with Gasteiger partial charge < -0.3 is 0 Å². The quantitative estimate of drug-likeness (QED) is 0.662. The first kappa shape index (κ1) is 12.3. The number of rotatable bonds is 4. The van der Waals surface area contributed by atoms with Crippen molar-refractivity contribution in [3.63, 3.8) is 0 Å². The largest absolute Gasteiger partial charge is 0.0654 e. The monoisotopic (exact) mass is 204 g/mol. The molecule has 0 heteroatoms. The summed E-state index contributed by atoms with van der Waals surface area (Å²) in [4.78, 5) is 0. The van der Waals surface area contributed by atoms with Crippen LogP contribution in [0.1, 0.15) is 61.8 Å². The molecule has 1 aromatic rings. The Morgan fingerprint density at radius 3 is 2.00 bits per heavy atom. The Bertz CT molecular complexity index is 298. The van der Waals surface area contributed by atoms with Gasteiger partial charge in [0.15, 0.2) is 0 Å². The molecule has 0 aliphatic rings. The molecule has 0 spiro atoms. The van der Waals surface area contributed by atoms with Gasteiger partial charge in [-0.3, -0.25) is 0 Å². The molecular weight excluding hydrogens is 180 g/mol. The lowest BCUT2D eigenvalue weighted by Gasteiger charge is -2.15. The van der Waals surface area contributed by atoms with Crippen molar-refractivity contribution in [2.75, 3.05) is 0 Å². The highest BCUT2D eigenvalue weighted by molar-refractivity contribution is 5.39. The lowest BCUT2D eigenvalue weighted by atomic mass is 9.90. The molecule has 0 aliphatic heterocycles. The highest BCUT2D eigenvalue weighted by Crippen LogP contribution is 2.25. The molecule has 0 aromatic heterocycles. The van der Waals surface area contributed by atoms with E-state index in [9.17, 15) is 0 Å². The van der Waals surface area contributed by atoms with Gasteiger partial charge in [-0.15, -0.1) is 0 Å². The van der Waals surface area contributed by atoms with Gasteiger partial charge >= 0.3 is 0 Å². The van der Waals surface area contributed by atoms with Crippen LogP contribution in [0.2, 0.25) is 0 Å². The van der Waals surface area contributed by atoms with Gasteiger partial charge in [0.25, 0.3) is 0 Å². The zero-order chi connectivity index (χ0) is 11.4. The third-order valence-corrected chi connectivity index (χ3v) is 3.05. The van der Waals surface area contributed by atoms with E-state index in [1.807, 2.05) is 0 Å². The zero-order valence-corrected chi connectivity index (χ0v) is 10.9. The maximum absolute atomic E-state index is 2.37. The Kier molecular flexibility index (Phi) is 4.38. The average molecular weight is 204 g/mol. The third-order valence-electron chi connectivity index (χ3n) is 3.05. The molecule has 0 atom stereocenters. The fourth-order valence-corrected chi connectivity index (χ4v) is 2.50. The van der Waals surface area contributed by atoms with Crippen LogP contribution in [0.4, 0.5) is 0 Å². The molecule has 0 fully saturated rings. The van der Waals surface area contributed by atoms with E-state index in [4.69, 9.17) is 0 Å². The minimum Gasteiger partial charge on any atom is -0.0654 e. The van der Waals surface area contributed by atoms with Crippen molar-refractivity contribution in [3.8, 4) is 0 Å². The fourth-order valence-electron chi connectivity index (χ4n) is 2.50. The van der Waals surface area contributed by atoms with Crippen molar-refractivity contribution < 1.29 is 0 Å². The van der Waals surface area contributed by atoms with E-state index in [0.29, 0.717) is 5.92 Å². The molecule has 0 saturated heterocycles. The summed E-state index contributed by atoms with van der Waals surface area (Å²) in [5, 5.41) is 0. The predicted octanol–water partition coefficient (Wildman–Crippen LogP) is 4.77. The topological polar surface area (TPSA) is 0 Å². The maximum Gasteiger partial charge on any atom is -0.0214 e. The summed E-state index contributed by atoms with van der Waals surface area (Å²) in [6, 6.07) is 4.75. The first-order chi connectivity index (χ1) is 7.06. The van der Waals surface area contributed by atoms with E-state index in [0.717, 1.165) is 0 Å². The first-order valence-corrected chi connectivity index (χ1v) is 6.16. The molecule has 0 saturated carbocycles. The molecule has 0 unspecified atom stereocenters. The normalized spacial score (nSPS) is 11.1. The van der Waals surface area contributed by atoms with Crippen molar-refractivity contribution in [1.29, 1.82) is 0 Å². The smallest absolute Gasteiger partial charge is 0.0214 e. The summed E-state index contributed by atoms with van der Waals surface area (Å²) in [6.45, 7) is 11.3. The van der Waals surface area contributed by atoms with Crippen LogP contribution >= 0.6 is 0 Å². The van der Waals surface area contributed by atoms with E-state index in [1.165, 1.54) is 41.5 Å². The number of benzene rings is 1. The Morgan fingerprint density at radius 1 is 1.07 bits per heavy atom. The van der Waals surface area contributed by atoms with E-state index in [-0.39, 0.29) is 0 Å². The number of hydrogen-bond donors (Lipinski definition) is 0. The van der Waals surface area contributed by atoms with Gasteiger partial charge in [0, 0.05) is 0 Å². The predicted molar refractivity (Wildman–Crippen MR) is 68.6 cm³/mol. The Labute approximate surface area is 94.7 Å². The van der Waals surface area contributed by atoms with Gasteiger partial charge in [0.05, 0.1) is 0 Å². The van der Waals surface area contributed by atoms with E-state index >= 15 is 0 Å². The van der Waals surface area contributed by atoms with Crippen molar-refractivity contribution in [1.82, 2.24) is 0 Å². The molecule has 84 valence electrons. The second-order valence-electron chi connectivity index (χ2n) is 4.90. The molecule has 0 heterocycles. The van der Waals surface area contributed by atoms with Gasteiger partial charge in [-0.1, -0.05) is 39.3 Å². The summed E-state index contributed by atoms with van der Waals surface area (Å²) in [5.74, 6) is 0.644. The molecule has 0 aliphatic carbocycles. The highest BCUT2D eigenvalue weighted by Gasteiger charge is 2.08. The average Bonchev–Trinajstić information content (AvgIpc) is 2.12. The Balaban J connectivity index is 2.97. The Morgan fingerprint density at radius 2 is 1.60 bits per heavy atom. The molecule has 0 bridgehead atoms. The number of hydrogen-bond acceptors (Lipinski definition) is 0. The SMILES string of the molecule is CCCCc1cc(C)c(C(C)C)c(C)c1. The van der Waals surface area contributed by atoms with Crippen LogP contribution in [0.5, 0.6) is 0 Å². The zero-order valence-electron chi connectivity index (χ0n) is 10.9. The lowest BCUT2D eigenvalue weighted by Crippen LogP contribution is -1.98. The fraction of sp³-hybridized carbons (Fsp3) is 0.600. The van der Waals surface area contributed by atoms with Gasteiger partial charge in [0.1, 0.15) is 0 Å². The molecule has 0 amide bonds. The molecule has 0 nitrogen and oxygen atoms in total. The van der Waals surface area contributed by atoms with Crippen molar-refractivity contribution in [3.05, 3.63) is 34.4 Å². The van der Waals surface area contributed by atoms with Gasteiger partial charge in [-0.05, 0) is 54.9 Å². The number of aryl methyl sites for hydroxylation is 3. The van der Waals surface area contributed by atoms with E-state index < -0.39 is 0 Å². The van der Waals surface area contributed by atoms with Crippen LogP contribution in [0, 0.1) is 13.8 Å². The second-order valence-corrected chi connectivity index (χ2v) is 4.90. The van der Waals surface area contributed by atoms with Crippen molar-refractivity contribution in [2.45, 2.75) is 59.8 Å². The summed E-state index contributed by atoms with van der Waals surface area (Å²) < 4.78 is 0. The molecule has 1 rings (SSSR count). The maximum atomic E-state index is 2.37. The third kappa shape index (κ3) is 3.09. The van der Waals surface area contributed by atoms with E-state index in [1.54, 1.807) is 0 Å². The van der Waals surface area contributed by atoms with Crippen LogP contribution in [-0.2, 0) is 6.42 Å². The van der Waals surface area contributed by atoms with Gasteiger partial charge in [0.2, 0.25) is 0 Å². The summed E-state index contributed by atoms with van der Waals surface area (Å²) >= 11 is 0. The standard InChI is InChI=1S/C15H24/c1-6-7-8-14-9-12(4)15(11(2)3)13(5)10-14/h9-11H,6-8H2,1-5H3. The number of unbranched alkanes of at least 4 members (excludes halogenated alkanes) is 1. The van der Waals surface area contributed by atoms with Crippen LogP contribution in [0.3, 0.4) is 0 Å². The minimum absolute atomic E-state index is 0.644. The van der Waals surface area contributed by atoms with Crippen LogP contribution in [0.25, 0.3) is 0 Å². The van der Waals surface area contributed by atoms with Crippen LogP contribution in [0.15, 0.2) is 12.1 Å². The molecule has 15 heavy (non-hydrogen) atoms. The minimum atomic E-state index is 0.644. The van der Waals surface area contributed by atoms with Crippen molar-refractivity contribution in [2.24, 2.45) is 0 Å². The lowest BCUT2D eigenvalue weighted by molar-refractivity contribution is 0.788. The molecule has 1 aromatic carbocycles. The summed E-state index contributed by atoms with van der Waals surface area (Å²) in [7, 11) is 0. The highest BCUT2D eigenvalue weighted by atomic mass is 14.1. The summed E-state index contributed by atoms with van der Waals surface area (Å²) in [6.07, 6.45) is 3.82. The molecule has 0 N–H and O–H groups in total. The second kappa shape index (κ2) is 5.34. The summed E-state index contributed by atoms with van der Waals surface area (Å²) in [5.41, 5.74) is 5.98. The van der Waals surface area contributed by atoms with E-state index in [2.05, 4.69) is 46.8 Å². The molecular formula is C15H24. The van der Waals surface area contributed by atoms with Gasteiger partial charge in [-0.25, -0.2) is 0 Å².